The third-order valence-corrected chi connectivity index (χ3v) is 2.88. The van der Waals surface area contributed by atoms with E-state index in [0.717, 1.165) is 4.90 Å². The molecule has 0 bridgehead atoms. The molecule has 1 heterocycles. The fourth-order valence-electron chi connectivity index (χ4n) is 1.92. The number of anilines is 1. The molecule has 0 aromatic heterocycles. The van der Waals surface area contributed by atoms with Crippen LogP contribution in [0.4, 0.5) is 16.2 Å². The number of urea groups is 1. The summed E-state index contributed by atoms with van der Waals surface area (Å²) in [5, 5.41) is 13.3. The van der Waals surface area contributed by atoms with Crippen molar-refractivity contribution in [3.8, 4) is 0 Å². The van der Waals surface area contributed by atoms with Gasteiger partial charge in [0.15, 0.2) is 0 Å². The molecular weight excluding hydrogens is 250 g/mol. The van der Waals surface area contributed by atoms with Gasteiger partial charge in [0, 0.05) is 25.1 Å². The molecule has 1 unspecified atom stereocenters. The van der Waals surface area contributed by atoms with Crippen LogP contribution in [-0.2, 0) is 4.79 Å². The first-order valence-electron chi connectivity index (χ1n) is 5.84. The number of nitro groups is 1. The lowest BCUT2D eigenvalue weighted by Crippen LogP contribution is -2.41. The number of rotatable bonds is 2. The molecule has 1 saturated heterocycles. The Hall–Kier alpha value is -2.44. The first-order chi connectivity index (χ1) is 8.99. The third kappa shape index (κ3) is 2.70. The SMILES string of the molecule is CC1CNC(=O)N(c2cccc([N+](=O)[O-])c2)C(=O)C1. The summed E-state index contributed by atoms with van der Waals surface area (Å²) in [7, 11) is 0. The highest BCUT2D eigenvalue weighted by molar-refractivity contribution is 6.14. The zero-order chi connectivity index (χ0) is 14.0. The van der Waals surface area contributed by atoms with Crippen LogP contribution >= 0.6 is 0 Å². The van der Waals surface area contributed by atoms with Crippen LogP contribution in [0.5, 0.6) is 0 Å². The van der Waals surface area contributed by atoms with Crippen molar-refractivity contribution in [3.05, 3.63) is 34.4 Å². The van der Waals surface area contributed by atoms with Crippen molar-refractivity contribution in [2.45, 2.75) is 13.3 Å². The summed E-state index contributed by atoms with van der Waals surface area (Å²) in [5.41, 5.74) is 0.0567. The third-order valence-electron chi connectivity index (χ3n) is 2.88. The lowest BCUT2D eigenvalue weighted by molar-refractivity contribution is -0.384. The topological polar surface area (TPSA) is 92.6 Å². The average Bonchev–Trinajstić information content (AvgIpc) is 2.48. The second-order valence-electron chi connectivity index (χ2n) is 4.50. The van der Waals surface area contributed by atoms with Gasteiger partial charge in [0.05, 0.1) is 10.6 Å². The molecule has 1 N–H and O–H groups in total. The molecule has 0 aliphatic carbocycles. The van der Waals surface area contributed by atoms with E-state index in [0.29, 0.717) is 6.54 Å². The molecule has 1 fully saturated rings. The van der Waals surface area contributed by atoms with Crippen molar-refractivity contribution in [2.24, 2.45) is 5.92 Å². The minimum atomic E-state index is -0.563. The minimum absolute atomic E-state index is 0.0418. The fraction of sp³-hybridized carbons (Fsp3) is 0.333. The molecule has 1 atom stereocenters. The van der Waals surface area contributed by atoms with Gasteiger partial charge in [-0.1, -0.05) is 13.0 Å². The lowest BCUT2D eigenvalue weighted by atomic mass is 10.1. The zero-order valence-electron chi connectivity index (χ0n) is 10.3. The van der Waals surface area contributed by atoms with Crippen LogP contribution in [0.25, 0.3) is 0 Å². The van der Waals surface area contributed by atoms with Gasteiger partial charge in [-0.15, -0.1) is 0 Å². The standard InChI is InChI=1S/C12H13N3O4/c1-8-5-11(16)14(12(17)13-7-8)9-3-2-4-10(6-9)15(18)19/h2-4,6,8H,5,7H2,1H3,(H,13,17). The largest absolute Gasteiger partial charge is 0.337 e. The minimum Gasteiger partial charge on any atom is -0.337 e. The summed E-state index contributed by atoms with van der Waals surface area (Å²) in [6, 6.07) is 4.93. The number of benzene rings is 1. The van der Waals surface area contributed by atoms with Gasteiger partial charge in [0.2, 0.25) is 5.91 Å². The van der Waals surface area contributed by atoms with Gasteiger partial charge < -0.3 is 5.32 Å². The van der Waals surface area contributed by atoms with Crippen LogP contribution < -0.4 is 10.2 Å². The van der Waals surface area contributed by atoms with Crippen LogP contribution in [0.2, 0.25) is 0 Å². The predicted octanol–water partition coefficient (Wildman–Crippen LogP) is 1.68. The number of non-ortho nitro benzene ring substituents is 1. The quantitative estimate of drug-likeness (QED) is 0.649. The van der Waals surface area contributed by atoms with E-state index in [2.05, 4.69) is 5.32 Å². The molecule has 100 valence electrons. The summed E-state index contributed by atoms with van der Waals surface area (Å²) < 4.78 is 0. The normalized spacial score (nSPS) is 19.8. The Morgan fingerprint density at radius 3 is 2.84 bits per heavy atom. The molecule has 0 radical (unpaired) electrons. The van der Waals surface area contributed by atoms with Gasteiger partial charge in [0.25, 0.3) is 5.69 Å². The molecule has 2 rings (SSSR count). The monoisotopic (exact) mass is 263 g/mol. The van der Waals surface area contributed by atoms with Crippen molar-refractivity contribution < 1.29 is 14.5 Å². The Morgan fingerprint density at radius 2 is 2.16 bits per heavy atom. The van der Waals surface area contributed by atoms with E-state index < -0.39 is 11.0 Å². The maximum atomic E-state index is 12.0. The second-order valence-corrected chi connectivity index (χ2v) is 4.50. The highest BCUT2D eigenvalue weighted by atomic mass is 16.6. The maximum absolute atomic E-state index is 12.0. The van der Waals surface area contributed by atoms with Crippen LogP contribution in [0.3, 0.4) is 0 Å². The molecule has 1 aliphatic rings. The molecule has 1 aromatic rings. The van der Waals surface area contributed by atoms with Crippen molar-refractivity contribution in [1.29, 1.82) is 0 Å². The number of carbonyl (C=O) groups is 2. The number of hydrogen-bond donors (Lipinski definition) is 1. The molecule has 1 aliphatic heterocycles. The summed E-state index contributed by atoms with van der Waals surface area (Å²) in [6.45, 7) is 2.27. The van der Waals surface area contributed by atoms with E-state index in [-0.39, 0.29) is 29.6 Å². The average molecular weight is 263 g/mol. The summed E-state index contributed by atoms with van der Waals surface area (Å²) in [4.78, 5) is 35.0. The van der Waals surface area contributed by atoms with E-state index in [4.69, 9.17) is 0 Å². The Bertz CT molecular complexity index is 544. The number of nitro benzene ring substituents is 1. The summed E-state index contributed by atoms with van der Waals surface area (Å²) in [6.07, 6.45) is 0.224. The summed E-state index contributed by atoms with van der Waals surface area (Å²) in [5.74, 6) is -0.317. The van der Waals surface area contributed by atoms with E-state index in [1.807, 2.05) is 6.92 Å². The Labute approximate surface area is 109 Å². The Kier molecular flexibility index (Phi) is 3.46. The van der Waals surface area contributed by atoms with Gasteiger partial charge in [-0.05, 0) is 12.0 Å². The number of imide groups is 1. The van der Waals surface area contributed by atoms with Crippen molar-refractivity contribution in [2.75, 3.05) is 11.4 Å². The van der Waals surface area contributed by atoms with Gasteiger partial charge >= 0.3 is 6.03 Å². The Balaban J connectivity index is 2.38. The van der Waals surface area contributed by atoms with E-state index >= 15 is 0 Å². The van der Waals surface area contributed by atoms with E-state index in [1.165, 1.54) is 24.3 Å². The van der Waals surface area contributed by atoms with Gasteiger partial charge in [-0.3, -0.25) is 14.9 Å². The molecule has 0 saturated carbocycles. The van der Waals surface area contributed by atoms with Crippen LogP contribution in [0.1, 0.15) is 13.3 Å². The van der Waals surface area contributed by atoms with Crippen molar-refractivity contribution >= 4 is 23.3 Å². The van der Waals surface area contributed by atoms with Gasteiger partial charge in [-0.25, -0.2) is 9.69 Å². The van der Waals surface area contributed by atoms with Crippen LogP contribution in [-0.4, -0.2) is 23.4 Å². The predicted molar refractivity (Wildman–Crippen MR) is 67.8 cm³/mol. The lowest BCUT2D eigenvalue weighted by Gasteiger charge is -2.18. The fourth-order valence-corrected chi connectivity index (χ4v) is 1.92. The van der Waals surface area contributed by atoms with Crippen LogP contribution in [0.15, 0.2) is 24.3 Å². The van der Waals surface area contributed by atoms with Crippen molar-refractivity contribution in [1.82, 2.24) is 5.32 Å². The van der Waals surface area contributed by atoms with E-state index in [9.17, 15) is 19.7 Å². The number of nitrogens with one attached hydrogen (secondary N) is 1. The molecular formula is C12H13N3O4. The highest BCUT2D eigenvalue weighted by Crippen LogP contribution is 2.23. The smallest absolute Gasteiger partial charge is 0.328 e. The Morgan fingerprint density at radius 1 is 1.42 bits per heavy atom. The zero-order valence-corrected chi connectivity index (χ0v) is 10.3. The first kappa shape index (κ1) is 13.0. The maximum Gasteiger partial charge on any atom is 0.328 e. The van der Waals surface area contributed by atoms with Crippen molar-refractivity contribution in [3.63, 3.8) is 0 Å². The number of hydrogen-bond acceptors (Lipinski definition) is 4. The molecule has 7 nitrogen and oxygen atoms in total. The molecule has 3 amide bonds. The first-order valence-corrected chi connectivity index (χ1v) is 5.84. The molecule has 19 heavy (non-hydrogen) atoms. The summed E-state index contributed by atoms with van der Waals surface area (Å²) >= 11 is 0. The molecule has 1 aromatic carbocycles. The van der Waals surface area contributed by atoms with Gasteiger partial charge in [0.1, 0.15) is 0 Å². The highest BCUT2D eigenvalue weighted by Gasteiger charge is 2.29. The number of nitrogens with zero attached hydrogens (tertiary/aromatic N) is 2. The van der Waals surface area contributed by atoms with Gasteiger partial charge in [-0.2, -0.15) is 0 Å². The van der Waals surface area contributed by atoms with Crippen LogP contribution in [0, 0.1) is 16.0 Å². The second kappa shape index (κ2) is 5.05. The molecule has 7 heteroatoms. The number of carbonyl (C=O) groups excluding carboxylic acids is 2. The van der Waals surface area contributed by atoms with E-state index in [1.54, 1.807) is 0 Å². The number of amides is 3. The molecule has 0 spiro atoms.